The van der Waals surface area contributed by atoms with E-state index in [4.69, 9.17) is 0 Å². The van der Waals surface area contributed by atoms with Gasteiger partial charge in [0.1, 0.15) is 5.78 Å². The van der Waals surface area contributed by atoms with Crippen molar-refractivity contribution in [3.05, 3.63) is 29.8 Å². The van der Waals surface area contributed by atoms with Crippen LogP contribution in [0, 0.1) is 0 Å². The number of carbonyl (C=O) groups is 2. The number of fused-ring (bicyclic) bond motifs is 1. The molecule has 0 saturated carbocycles. The van der Waals surface area contributed by atoms with Gasteiger partial charge in [0.05, 0.1) is 6.42 Å². The van der Waals surface area contributed by atoms with E-state index in [2.05, 4.69) is 6.07 Å². The summed E-state index contributed by atoms with van der Waals surface area (Å²) in [6, 6.07) is 8.11. The number of benzene rings is 1. The molecule has 1 atom stereocenters. The number of hydrogen-bond acceptors (Lipinski definition) is 2. The Kier molecular flexibility index (Phi) is 3.27. The van der Waals surface area contributed by atoms with Gasteiger partial charge < -0.3 is 4.90 Å². The molecule has 1 aliphatic rings. The molecule has 2 rings (SSSR count). The smallest absolute Gasteiger partial charge is 0.234 e. The third-order valence-corrected chi connectivity index (χ3v) is 3.19. The maximum Gasteiger partial charge on any atom is 0.234 e. The summed E-state index contributed by atoms with van der Waals surface area (Å²) in [6.07, 6.45) is 1.96. The highest BCUT2D eigenvalue weighted by molar-refractivity contribution is 6.05. The number of anilines is 1. The van der Waals surface area contributed by atoms with Gasteiger partial charge in [0.2, 0.25) is 5.91 Å². The minimum Gasteiger partial charge on any atom is -0.309 e. The van der Waals surface area contributed by atoms with Crippen molar-refractivity contribution in [1.29, 1.82) is 0 Å². The molecule has 1 amide bonds. The Morgan fingerprint density at radius 2 is 2.06 bits per heavy atom. The normalized spacial score (nSPS) is 18.7. The van der Waals surface area contributed by atoms with E-state index in [0.717, 1.165) is 18.5 Å². The third-order valence-electron chi connectivity index (χ3n) is 3.19. The number of nitrogens with zero attached hydrogens (tertiary/aromatic N) is 1. The van der Waals surface area contributed by atoms with Gasteiger partial charge in [0.25, 0.3) is 0 Å². The third kappa shape index (κ3) is 2.38. The first-order valence-electron chi connectivity index (χ1n) is 5.99. The number of Topliss-reactive ketones (excluding diaryl/α,β-unsaturated/α-hetero) is 1. The molecule has 0 saturated heterocycles. The Labute approximate surface area is 101 Å². The fraction of sp³-hybridized carbons (Fsp3) is 0.429. The Morgan fingerprint density at radius 3 is 2.76 bits per heavy atom. The van der Waals surface area contributed by atoms with Crippen LogP contribution in [0.2, 0.25) is 0 Å². The Balaban J connectivity index is 2.32. The average Bonchev–Trinajstić information content (AvgIpc) is 2.27. The molecular weight excluding hydrogens is 214 g/mol. The molecule has 1 heterocycles. The van der Waals surface area contributed by atoms with Crippen LogP contribution in [0.25, 0.3) is 0 Å². The van der Waals surface area contributed by atoms with Gasteiger partial charge in [-0.3, -0.25) is 9.59 Å². The summed E-state index contributed by atoms with van der Waals surface area (Å²) in [5.74, 6) is -0.164. The first-order valence-corrected chi connectivity index (χ1v) is 5.99. The topological polar surface area (TPSA) is 37.4 Å². The zero-order chi connectivity index (χ0) is 12.4. The van der Waals surface area contributed by atoms with E-state index in [1.807, 2.05) is 25.1 Å². The van der Waals surface area contributed by atoms with Crippen molar-refractivity contribution in [3.63, 3.8) is 0 Å². The molecule has 1 aromatic carbocycles. The van der Waals surface area contributed by atoms with Crippen LogP contribution in [0.15, 0.2) is 24.3 Å². The zero-order valence-corrected chi connectivity index (χ0v) is 10.3. The van der Waals surface area contributed by atoms with Gasteiger partial charge in [-0.05, 0) is 38.3 Å². The van der Waals surface area contributed by atoms with E-state index >= 15 is 0 Å². The van der Waals surface area contributed by atoms with Gasteiger partial charge >= 0.3 is 0 Å². The summed E-state index contributed by atoms with van der Waals surface area (Å²) in [5.41, 5.74) is 2.17. The van der Waals surface area contributed by atoms with Crippen LogP contribution < -0.4 is 4.90 Å². The van der Waals surface area contributed by atoms with Crippen molar-refractivity contribution in [2.24, 2.45) is 0 Å². The highest BCUT2D eigenvalue weighted by Gasteiger charge is 2.28. The average molecular weight is 231 g/mol. The second-order valence-electron chi connectivity index (χ2n) is 4.66. The van der Waals surface area contributed by atoms with Crippen molar-refractivity contribution >= 4 is 17.4 Å². The molecule has 0 aliphatic carbocycles. The lowest BCUT2D eigenvalue weighted by Crippen LogP contribution is -2.42. The predicted molar refractivity (Wildman–Crippen MR) is 67.0 cm³/mol. The van der Waals surface area contributed by atoms with E-state index in [1.165, 1.54) is 12.5 Å². The van der Waals surface area contributed by atoms with Gasteiger partial charge in [0.15, 0.2) is 0 Å². The van der Waals surface area contributed by atoms with E-state index < -0.39 is 0 Å². The number of rotatable bonds is 2. The Bertz CT molecular complexity index is 453. The van der Waals surface area contributed by atoms with Gasteiger partial charge in [-0.25, -0.2) is 0 Å². The number of aryl methyl sites for hydroxylation is 1. The molecule has 3 nitrogen and oxygen atoms in total. The second-order valence-corrected chi connectivity index (χ2v) is 4.66. The highest BCUT2D eigenvalue weighted by atomic mass is 16.2. The van der Waals surface area contributed by atoms with Crippen molar-refractivity contribution in [1.82, 2.24) is 0 Å². The molecule has 1 aliphatic heterocycles. The van der Waals surface area contributed by atoms with Crippen molar-refractivity contribution in [2.75, 3.05) is 4.90 Å². The van der Waals surface area contributed by atoms with Gasteiger partial charge in [0, 0.05) is 11.7 Å². The molecule has 0 aromatic heterocycles. The van der Waals surface area contributed by atoms with Crippen molar-refractivity contribution < 1.29 is 9.59 Å². The lowest BCUT2D eigenvalue weighted by Gasteiger charge is -2.35. The van der Waals surface area contributed by atoms with Crippen molar-refractivity contribution in [3.8, 4) is 0 Å². The predicted octanol–water partition coefficient (Wildman–Crippen LogP) is 2.33. The molecule has 0 spiro atoms. The fourth-order valence-corrected chi connectivity index (χ4v) is 2.37. The number of ketones is 1. The molecule has 1 unspecified atom stereocenters. The minimum atomic E-state index is -0.0860. The maximum atomic E-state index is 12.1. The minimum absolute atomic E-state index is 0.00132. The SMILES string of the molecule is CC(=O)CC(=O)N1c2ccccc2CCC1C. The zero-order valence-electron chi connectivity index (χ0n) is 10.3. The summed E-state index contributed by atoms with van der Waals surface area (Å²) in [6.45, 7) is 3.49. The molecule has 0 radical (unpaired) electrons. The number of para-hydroxylation sites is 1. The second kappa shape index (κ2) is 4.70. The van der Waals surface area contributed by atoms with Crippen LogP contribution in [0.5, 0.6) is 0 Å². The Morgan fingerprint density at radius 1 is 1.35 bits per heavy atom. The molecule has 3 heteroatoms. The van der Waals surface area contributed by atoms with Crippen LogP contribution in [0.1, 0.15) is 32.3 Å². The highest BCUT2D eigenvalue weighted by Crippen LogP contribution is 2.30. The van der Waals surface area contributed by atoms with Crippen molar-refractivity contribution in [2.45, 2.75) is 39.2 Å². The molecule has 90 valence electrons. The summed E-state index contributed by atoms with van der Waals surface area (Å²) in [5, 5.41) is 0. The summed E-state index contributed by atoms with van der Waals surface area (Å²) in [4.78, 5) is 24.9. The van der Waals surface area contributed by atoms with Crippen LogP contribution >= 0.6 is 0 Å². The molecular formula is C14H17NO2. The number of carbonyl (C=O) groups excluding carboxylic acids is 2. The quantitative estimate of drug-likeness (QED) is 0.733. The lowest BCUT2D eigenvalue weighted by atomic mass is 9.96. The van der Waals surface area contributed by atoms with E-state index in [1.54, 1.807) is 4.90 Å². The maximum absolute atomic E-state index is 12.1. The van der Waals surface area contributed by atoms with Crippen LogP contribution in [0.4, 0.5) is 5.69 Å². The lowest BCUT2D eigenvalue weighted by molar-refractivity contribution is -0.125. The van der Waals surface area contributed by atoms with Gasteiger partial charge in [-0.15, -0.1) is 0 Å². The fourth-order valence-electron chi connectivity index (χ4n) is 2.37. The molecule has 0 fully saturated rings. The van der Waals surface area contributed by atoms with Crippen LogP contribution in [-0.2, 0) is 16.0 Å². The standard InChI is InChI=1S/C14H17NO2/c1-10-7-8-12-5-3-4-6-13(12)15(10)14(17)9-11(2)16/h3-6,10H,7-9H2,1-2H3. The Hall–Kier alpha value is -1.64. The van der Waals surface area contributed by atoms with Gasteiger partial charge in [-0.1, -0.05) is 18.2 Å². The summed E-state index contributed by atoms with van der Waals surface area (Å²) in [7, 11) is 0. The largest absolute Gasteiger partial charge is 0.309 e. The van der Waals surface area contributed by atoms with E-state index in [9.17, 15) is 9.59 Å². The first-order chi connectivity index (χ1) is 8.09. The monoisotopic (exact) mass is 231 g/mol. The number of amides is 1. The van der Waals surface area contributed by atoms with E-state index in [0.29, 0.717) is 0 Å². The molecule has 0 bridgehead atoms. The molecule has 17 heavy (non-hydrogen) atoms. The van der Waals surface area contributed by atoms with E-state index in [-0.39, 0.29) is 24.2 Å². The summed E-state index contributed by atoms with van der Waals surface area (Å²) >= 11 is 0. The van der Waals surface area contributed by atoms with Crippen LogP contribution in [-0.4, -0.2) is 17.7 Å². The van der Waals surface area contributed by atoms with Gasteiger partial charge in [-0.2, -0.15) is 0 Å². The van der Waals surface area contributed by atoms with Crippen LogP contribution in [0.3, 0.4) is 0 Å². The summed E-state index contributed by atoms with van der Waals surface area (Å²) < 4.78 is 0. The molecule has 1 aromatic rings. The molecule has 0 N–H and O–H groups in total. The number of hydrogen-bond donors (Lipinski definition) is 0. The first kappa shape index (κ1) is 11.8.